The Hall–Kier alpha value is -0.490. The maximum Gasteiger partial charge on any atom is 0.0797 e. The number of rotatable bonds is 5. The van der Waals surface area contributed by atoms with Gasteiger partial charge in [-0.1, -0.05) is 0 Å². The first-order valence-electron chi connectivity index (χ1n) is 5.37. The average molecular weight is 334 g/mol. The van der Waals surface area contributed by atoms with Gasteiger partial charge in [0.1, 0.15) is 0 Å². The van der Waals surface area contributed by atoms with Gasteiger partial charge in [0.2, 0.25) is 0 Å². The molecule has 0 aliphatic heterocycles. The van der Waals surface area contributed by atoms with Crippen molar-refractivity contribution in [2.75, 3.05) is 24.2 Å². The summed E-state index contributed by atoms with van der Waals surface area (Å²) in [7, 11) is 0. The van der Waals surface area contributed by atoms with E-state index in [1.165, 1.54) is 0 Å². The molecule has 3 nitrogen and oxygen atoms in total. The quantitative estimate of drug-likeness (QED) is 0.643. The van der Waals surface area contributed by atoms with Gasteiger partial charge in [0.15, 0.2) is 0 Å². The van der Waals surface area contributed by atoms with Gasteiger partial charge in [0.05, 0.1) is 5.60 Å². The van der Waals surface area contributed by atoms with Gasteiger partial charge >= 0.3 is 0 Å². The van der Waals surface area contributed by atoms with Crippen molar-refractivity contribution in [3.8, 4) is 0 Å². The largest absolute Gasteiger partial charge is 0.399 e. The fourth-order valence-corrected chi connectivity index (χ4v) is 2.15. The molecule has 0 fully saturated rings. The van der Waals surface area contributed by atoms with Gasteiger partial charge in [-0.15, -0.1) is 0 Å². The molecule has 0 spiro atoms. The van der Waals surface area contributed by atoms with E-state index in [-0.39, 0.29) is 5.60 Å². The molecular weight excluding hydrogens is 315 g/mol. The summed E-state index contributed by atoms with van der Waals surface area (Å²) in [6.45, 7) is 7.67. The van der Waals surface area contributed by atoms with Gasteiger partial charge in [-0.3, -0.25) is 0 Å². The van der Waals surface area contributed by atoms with Gasteiger partial charge in [0.25, 0.3) is 0 Å². The molecule has 4 heteroatoms. The molecule has 90 valence electrons. The second-order valence-electron chi connectivity index (χ2n) is 4.29. The molecule has 0 aromatic heterocycles. The Morgan fingerprint density at radius 1 is 1.44 bits per heavy atom. The number of benzene rings is 1. The number of halogens is 1. The summed E-state index contributed by atoms with van der Waals surface area (Å²) in [6, 6.07) is 5.86. The van der Waals surface area contributed by atoms with Crippen LogP contribution < -0.4 is 11.1 Å². The van der Waals surface area contributed by atoms with Crippen LogP contribution in [0.4, 0.5) is 11.4 Å². The van der Waals surface area contributed by atoms with Gasteiger partial charge in [-0.2, -0.15) is 0 Å². The number of hydrogen-bond donors (Lipinski definition) is 2. The first kappa shape index (κ1) is 13.6. The minimum Gasteiger partial charge on any atom is -0.399 e. The van der Waals surface area contributed by atoms with E-state index in [9.17, 15) is 0 Å². The van der Waals surface area contributed by atoms with Crippen molar-refractivity contribution in [3.63, 3.8) is 0 Å². The van der Waals surface area contributed by atoms with Crippen LogP contribution >= 0.6 is 22.6 Å². The monoisotopic (exact) mass is 334 g/mol. The summed E-state index contributed by atoms with van der Waals surface area (Å²) in [4.78, 5) is 0. The summed E-state index contributed by atoms with van der Waals surface area (Å²) in [5.41, 5.74) is 7.44. The Labute approximate surface area is 111 Å². The van der Waals surface area contributed by atoms with Crippen LogP contribution in [0.2, 0.25) is 0 Å². The Morgan fingerprint density at radius 2 is 2.12 bits per heavy atom. The summed E-state index contributed by atoms with van der Waals surface area (Å²) < 4.78 is 6.75. The van der Waals surface area contributed by atoms with Gasteiger partial charge in [0, 0.05) is 28.1 Å². The second-order valence-corrected chi connectivity index (χ2v) is 5.45. The minimum atomic E-state index is -0.154. The molecule has 0 radical (unpaired) electrons. The normalized spacial score (nSPS) is 11.5. The smallest absolute Gasteiger partial charge is 0.0797 e. The van der Waals surface area contributed by atoms with E-state index in [0.717, 1.165) is 28.1 Å². The van der Waals surface area contributed by atoms with Crippen LogP contribution in [0.15, 0.2) is 18.2 Å². The lowest BCUT2D eigenvalue weighted by Gasteiger charge is -2.25. The van der Waals surface area contributed by atoms with Gasteiger partial charge in [-0.25, -0.2) is 0 Å². The minimum absolute atomic E-state index is 0.154. The molecule has 3 N–H and O–H groups in total. The van der Waals surface area contributed by atoms with E-state index in [4.69, 9.17) is 10.5 Å². The van der Waals surface area contributed by atoms with Crippen LogP contribution in [-0.4, -0.2) is 18.8 Å². The van der Waals surface area contributed by atoms with E-state index in [2.05, 4.69) is 41.8 Å². The van der Waals surface area contributed by atoms with Crippen LogP contribution in [0, 0.1) is 3.57 Å². The summed E-state index contributed by atoms with van der Waals surface area (Å²) in [5.74, 6) is 0. The Balaban J connectivity index is 2.61. The number of anilines is 2. The van der Waals surface area contributed by atoms with Crippen LogP contribution in [0.25, 0.3) is 0 Å². The standard InChI is InChI=1S/C12H19IN2O/c1-4-16-12(2,3)8-15-11-6-5-9(14)7-10(11)13/h5-7,15H,4,8,14H2,1-3H3. The molecule has 0 aliphatic carbocycles. The summed E-state index contributed by atoms with van der Waals surface area (Å²) >= 11 is 2.28. The van der Waals surface area contributed by atoms with Crippen molar-refractivity contribution < 1.29 is 4.74 Å². The molecule has 0 amide bonds. The molecule has 0 bridgehead atoms. The van der Waals surface area contributed by atoms with E-state index in [1.54, 1.807) is 0 Å². The van der Waals surface area contributed by atoms with Crippen LogP contribution in [0.3, 0.4) is 0 Å². The fraction of sp³-hybridized carbons (Fsp3) is 0.500. The lowest BCUT2D eigenvalue weighted by Crippen LogP contribution is -2.33. The number of nitrogen functional groups attached to an aromatic ring is 1. The van der Waals surface area contributed by atoms with Crippen molar-refractivity contribution in [2.24, 2.45) is 0 Å². The molecule has 0 heterocycles. The Morgan fingerprint density at radius 3 is 2.69 bits per heavy atom. The number of hydrogen-bond acceptors (Lipinski definition) is 3. The molecule has 0 atom stereocenters. The molecule has 1 aromatic carbocycles. The zero-order valence-electron chi connectivity index (χ0n) is 10.0. The highest BCUT2D eigenvalue weighted by Gasteiger charge is 2.17. The zero-order valence-corrected chi connectivity index (χ0v) is 12.2. The highest BCUT2D eigenvalue weighted by atomic mass is 127. The van der Waals surface area contributed by atoms with Crippen molar-refractivity contribution in [3.05, 3.63) is 21.8 Å². The second kappa shape index (κ2) is 5.72. The maximum atomic E-state index is 5.70. The van der Waals surface area contributed by atoms with Gasteiger partial charge in [-0.05, 0) is 61.6 Å². The van der Waals surface area contributed by atoms with E-state index in [1.807, 2.05) is 25.1 Å². The molecule has 0 saturated heterocycles. The van der Waals surface area contributed by atoms with Crippen LogP contribution in [0.5, 0.6) is 0 Å². The predicted molar refractivity (Wildman–Crippen MR) is 77.8 cm³/mol. The summed E-state index contributed by atoms with van der Waals surface area (Å²) in [6.07, 6.45) is 0. The predicted octanol–water partition coefficient (Wildman–Crippen LogP) is 3.10. The number of nitrogens with one attached hydrogen (secondary N) is 1. The SMILES string of the molecule is CCOC(C)(C)CNc1ccc(N)cc1I. The van der Waals surface area contributed by atoms with E-state index < -0.39 is 0 Å². The summed E-state index contributed by atoms with van der Waals surface area (Å²) in [5, 5.41) is 3.38. The topological polar surface area (TPSA) is 47.3 Å². The first-order chi connectivity index (χ1) is 7.44. The molecule has 1 aromatic rings. The molecule has 0 unspecified atom stereocenters. The highest BCUT2D eigenvalue weighted by Crippen LogP contribution is 2.21. The molecule has 0 aliphatic rings. The van der Waals surface area contributed by atoms with Crippen molar-refractivity contribution in [1.82, 2.24) is 0 Å². The Kier molecular flexibility index (Phi) is 4.86. The highest BCUT2D eigenvalue weighted by molar-refractivity contribution is 14.1. The lowest BCUT2D eigenvalue weighted by molar-refractivity contribution is 0.000689. The van der Waals surface area contributed by atoms with Gasteiger partial charge < -0.3 is 15.8 Å². The number of nitrogens with two attached hydrogens (primary N) is 1. The Bertz CT molecular complexity index is 353. The molecular formula is C12H19IN2O. The van der Waals surface area contributed by atoms with Crippen molar-refractivity contribution in [1.29, 1.82) is 0 Å². The molecule has 16 heavy (non-hydrogen) atoms. The average Bonchev–Trinajstić information content (AvgIpc) is 2.16. The number of ether oxygens (including phenoxy) is 1. The maximum absolute atomic E-state index is 5.70. The lowest BCUT2D eigenvalue weighted by atomic mass is 10.1. The van der Waals surface area contributed by atoms with Crippen molar-refractivity contribution in [2.45, 2.75) is 26.4 Å². The third-order valence-corrected chi connectivity index (χ3v) is 3.13. The van der Waals surface area contributed by atoms with E-state index >= 15 is 0 Å². The third-order valence-electron chi connectivity index (χ3n) is 2.23. The zero-order chi connectivity index (χ0) is 12.2. The third kappa shape index (κ3) is 4.17. The first-order valence-corrected chi connectivity index (χ1v) is 6.45. The molecule has 1 rings (SSSR count). The fourth-order valence-electron chi connectivity index (χ4n) is 1.42. The molecule has 0 saturated carbocycles. The van der Waals surface area contributed by atoms with E-state index in [0.29, 0.717) is 0 Å². The van der Waals surface area contributed by atoms with Crippen LogP contribution in [0.1, 0.15) is 20.8 Å². The van der Waals surface area contributed by atoms with Crippen LogP contribution in [-0.2, 0) is 4.74 Å². The van der Waals surface area contributed by atoms with Crippen molar-refractivity contribution >= 4 is 34.0 Å².